The fraction of sp³-hybridized carbons (Fsp3) is 0.158. The van der Waals surface area contributed by atoms with Gasteiger partial charge in [-0.2, -0.15) is 5.26 Å². The average Bonchev–Trinajstić information content (AvgIpc) is 3.31. The smallest absolute Gasteiger partial charge is 0.161 e. The van der Waals surface area contributed by atoms with Gasteiger partial charge in [0.15, 0.2) is 11.5 Å². The van der Waals surface area contributed by atoms with Crippen molar-refractivity contribution in [2.24, 2.45) is 0 Å². The van der Waals surface area contributed by atoms with Crippen LogP contribution in [0.5, 0.6) is 11.5 Å². The van der Waals surface area contributed by atoms with E-state index in [2.05, 4.69) is 11.1 Å². The van der Waals surface area contributed by atoms with Crippen LogP contribution < -0.4 is 9.47 Å². The van der Waals surface area contributed by atoms with Gasteiger partial charge in [0.05, 0.1) is 29.9 Å². The molecule has 25 heavy (non-hydrogen) atoms. The summed E-state index contributed by atoms with van der Waals surface area (Å²) >= 11 is 3.11. The van der Waals surface area contributed by atoms with Gasteiger partial charge in [-0.1, -0.05) is 12.1 Å². The monoisotopic (exact) mass is 368 g/mol. The van der Waals surface area contributed by atoms with E-state index < -0.39 is 0 Å². The Labute approximate surface area is 154 Å². The van der Waals surface area contributed by atoms with E-state index in [-0.39, 0.29) is 0 Å². The van der Waals surface area contributed by atoms with Crippen LogP contribution in [0.3, 0.4) is 0 Å². The van der Waals surface area contributed by atoms with E-state index in [1.165, 1.54) is 11.3 Å². The summed E-state index contributed by atoms with van der Waals surface area (Å²) in [6.45, 7) is 2.47. The lowest BCUT2D eigenvalue weighted by molar-refractivity contribution is 0.311. The number of aromatic nitrogens is 1. The zero-order chi connectivity index (χ0) is 17.6. The van der Waals surface area contributed by atoms with Crippen molar-refractivity contribution in [2.45, 2.75) is 6.92 Å². The van der Waals surface area contributed by atoms with Crippen LogP contribution in [0.4, 0.5) is 0 Å². The van der Waals surface area contributed by atoms with Crippen LogP contribution in [0.25, 0.3) is 22.2 Å². The first-order valence-electron chi connectivity index (χ1n) is 7.67. The van der Waals surface area contributed by atoms with Crippen molar-refractivity contribution in [1.82, 2.24) is 4.98 Å². The molecule has 2 aromatic heterocycles. The Bertz CT molecular complexity index is 921. The highest BCUT2D eigenvalue weighted by Crippen LogP contribution is 2.32. The van der Waals surface area contributed by atoms with Crippen LogP contribution in [-0.2, 0) is 0 Å². The maximum Gasteiger partial charge on any atom is 0.161 e. The lowest BCUT2D eigenvalue weighted by atomic mass is 10.1. The molecule has 0 bridgehead atoms. The van der Waals surface area contributed by atoms with Gasteiger partial charge in [-0.3, -0.25) is 0 Å². The van der Waals surface area contributed by atoms with E-state index in [0.29, 0.717) is 28.7 Å². The van der Waals surface area contributed by atoms with Gasteiger partial charge in [-0.25, -0.2) is 4.98 Å². The summed E-state index contributed by atoms with van der Waals surface area (Å²) < 4.78 is 10.9. The molecule has 1 aromatic carbocycles. The Morgan fingerprint density at radius 3 is 2.84 bits per heavy atom. The Morgan fingerprint density at radius 2 is 2.16 bits per heavy atom. The third kappa shape index (κ3) is 3.90. The number of methoxy groups -OCH3 is 1. The summed E-state index contributed by atoms with van der Waals surface area (Å²) in [5, 5.41) is 14.3. The highest BCUT2D eigenvalue weighted by atomic mass is 32.1. The molecule has 0 N–H and O–H groups in total. The second kappa shape index (κ2) is 7.97. The minimum Gasteiger partial charge on any atom is -0.493 e. The first-order chi connectivity index (χ1) is 12.2. The van der Waals surface area contributed by atoms with Crippen molar-refractivity contribution < 1.29 is 9.47 Å². The molecule has 0 saturated heterocycles. The fourth-order valence-corrected chi connectivity index (χ4v) is 3.84. The molecule has 3 aromatic rings. The van der Waals surface area contributed by atoms with E-state index in [9.17, 15) is 5.26 Å². The van der Waals surface area contributed by atoms with Crippen molar-refractivity contribution in [3.8, 4) is 28.1 Å². The van der Waals surface area contributed by atoms with E-state index in [1.54, 1.807) is 18.4 Å². The van der Waals surface area contributed by atoms with Crippen molar-refractivity contribution in [1.29, 1.82) is 5.26 Å². The quantitative estimate of drug-likeness (QED) is 0.551. The van der Waals surface area contributed by atoms with Gasteiger partial charge in [0, 0.05) is 5.38 Å². The minimum absolute atomic E-state index is 0.528. The Kier molecular flexibility index (Phi) is 5.49. The second-order valence-electron chi connectivity index (χ2n) is 5.03. The highest BCUT2D eigenvalue weighted by Gasteiger charge is 2.11. The van der Waals surface area contributed by atoms with Gasteiger partial charge < -0.3 is 9.47 Å². The van der Waals surface area contributed by atoms with Crippen LogP contribution in [0.2, 0.25) is 0 Å². The van der Waals surface area contributed by atoms with E-state index in [4.69, 9.17) is 9.47 Å². The predicted molar refractivity (Wildman–Crippen MR) is 103 cm³/mol. The number of thiazole rings is 1. The molecule has 4 nitrogen and oxygen atoms in total. The summed E-state index contributed by atoms with van der Waals surface area (Å²) in [5.41, 5.74) is 2.30. The number of allylic oxidation sites excluding steroid dienone is 1. The number of hydrogen-bond donors (Lipinski definition) is 0. The molecule has 6 heteroatoms. The number of ether oxygens (including phenoxy) is 2. The summed E-state index contributed by atoms with van der Waals surface area (Å²) in [6, 6.07) is 11.9. The molecule has 0 aliphatic heterocycles. The SMILES string of the molecule is CCOc1cc(/C=C(\C#N)c2nc(-c3cccs3)cs2)ccc1OC. The number of nitriles is 1. The summed E-state index contributed by atoms with van der Waals surface area (Å²) in [5.74, 6) is 1.33. The molecular weight excluding hydrogens is 352 g/mol. The summed E-state index contributed by atoms with van der Waals surface area (Å²) in [4.78, 5) is 5.69. The van der Waals surface area contributed by atoms with Crippen molar-refractivity contribution >= 4 is 34.3 Å². The summed E-state index contributed by atoms with van der Waals surface area (Å²) in [6.07, 6.45) is 1.82. The van der Waals surface area contributed by atoms with Crippen LogP contribution >= 0.6 is 22.7 Å². The van der Waals surface area contributed by atoms with Crippen LogP contribution in [0.1, 0.15) is 17.5 Å². The minimum atomic E-state index is 0.528. The van der Waals surface area contributed by atoms with Gasteiger partial charge in [0.1, 0.15) is 11.1 Å². The van der Waals surface area contributed by atoms with Gasteiger partial charge in [0.2, 0.25) is 0 Å². The third-order valence-corrected chi connectivity index (χ3v) is 5.20. The maximum atomic E-state index is 9.55. The molecule has 0 aliphatic rings. The second-order valence-corrected chi connectivity index (χ2v) is 6.83. The molecule has 0 unspecified atom stereocenters. The maximum absolute atomic E-state index is 9.55. The summed E-state index contributed by atoms with van der Waals surface area (Å²) in [7, 11) is 1.61. The molecule has 2 heterocycles. The number of thiophene rings is 1. The normalized spacial score (nSPS) is 11.2. The molecule has 3 rings (SSSR count). The largest absolute Gasteiger partial charge is 0.493 e. The van der Waals surface area contributed by atoms with Gasteiger partial charge in [-0.15, -0.1) is 22.7 Å². The molecular formula is C19H16N2O2S2. The van der Waals surface area contributed by atoms with E-state index in [1.807, 2.05) is 54.1 Å². The number of rotatable bonds is 6. The van der Waals surface area contributed by atoms with Crippen molar-refractivity contribution in [3.05, 3.63) is 51.7 Å². The van der Waals surface area contributed by atoms with Gasteiger partial charge in [-0.05, 0) is 42.1 Å². The number of hydrogen-bond acceptors (Lipinski definition) is 6. The topological polar surface area (TPSA) is 55.1 Å². The zero-order valence-electron chi connectivity index (χ0n) is 13.9. The lowest BCUT2D eigenvalue weighted by Gasteiger charge is -2.09. The van der Waals surface area contributed by atoms with E-state index >= 15 is 0 Å². The molecule has 0 radical (unpaired) electrons. The number of nitrogens with zero attached hydrogens (tertiary/aromatic N) is 2. The number of benzene rings is 1. The Morgan fingerprint density at radius 1 is 1.28 bits per heavy atom. The molecule has 0 saturated carbocycles. The van der Waals surface area contributed by atoms with Crippen molar-refractivity contribution in [2.75, 3.05) is 13.7 Å². The molecule has 0 spiro atoms. The van der Waals surface area contributed by atoms with Crippen LogP contribution in [0.15, 0.2) is 41.1 Å². The molecule has 0 aliphatic carbocycles. The van der Waals surface area contributed by atoms with Crippen molar-refractivity contribution in [3.63, 3.8) is 0 Å². The first-order valence-corrected chi connectivity index (χ1v) is 9.43. The fourth-order valence-electron chi connectivity index (χ4n) is 2.29. The average molecular weight is 368 g/mol. The Hall–Kier alpha value is -2.62. The molecule has 0 fully saturated rings. The van der Waals surface area contributed by atoms with E-state index in [0.717, 1.165) is 16.1 Å². The predicted octanol–water partition coefficient (Wildman–Crippen LogP) is 5.34. The Balaban J connectivity index is 1.93. The van der Waals surface area contributed by atoms with Gasteiger partial charge >= 0.3 is 0 Å². The molecule has 0 amide bonds. The van der Waals surface area contributed by atoms with Gasteiger partial charge in [0.25, 0.3) is 0 Å². The van der Waals surface area contributed by atoms with Crippen LogP contribution in [0, 0.1) is 11.3 Å². The molecule has 0 atom stereocenters. The third-order valence-electron chi connectivity index (χ3n) is 3.43. The van der Waals surface area contributed by atoms with Crippen LogP contribution in [-0.4, -0.2) is 18.7 Å². The zero-order valence-corrected chi connectivity index (χ0v) is 15.5. The molecule has 126 valence electrons. The first kappa shape index (κ1) is 17.2. The lowest BCUT2D eigenvalue weighted by Crippen LogP contribution is -1.95. The standard InChI is InChI=1S/C19H16N2O2S2/c1-3-23-17-10-13(6-7-16(17)22-2)9-14(11-20)19-21-15(12-25-19)18-5-4-8-24-18/h4-10,12H,3H2,1-2H3/b14-9+. The highest BCUT2D eigenvalue weighted by molar-refractivity contribution is 7.14.